The summed E-state index contributed by atoms with van der Waals surface area (Å²) in [6.45, 7) is 0.813. The van der Waals surface area contributed by atoms with Crippen molar-refractivity contribution in [2.24, 2.45) is 5.84 Å². The number of benzene rings is 1. The van der Waals surface area contributed by atoms with E-state index < -0.39 is 0 Å². The van der Waals surface area contributed by atoms with Gasteiger partial charge in [-0.25, -0.2) is 5.84 Å². The minimum Gasteiger partial charge on any atom is -0.347 e. The number of aromatic nitrogens is 1. The Morgan fingerprint density at radius 2 is 2.24 bits per heavy atom. The molecule has 0 aliphatic heterocycles. The van der Waals surface area contributed by atoms with Crippen LogP contribution in [0, 0.1) is 0 Å². The van der Waals surface area contributed by atoms with Crippen LogP contribution in [0.15, 0.2) is 34.9 Å². The van der Waals surface area contributed by atoms with E-state index in [0.29, 0.717) is 6.42 Å². The molecule has 90 valence electrons. The maximum absolute atomic E-state index is 11.0. The molecule has 0 saturated heterocycles. The molecule has 0 saturated carbocycles. The SMILES string of the molecule is NNC(=O)CCCn1ccc2ccc(Br)cc21. The Balaban J connectivity index is 2.08. The largest absolute Gasteiger partial charge is 0.347 e. The number of nitrogens with two attached hydrogens (primary N) is 1. The van der Waals surface area contributed by atoms with Crippen molar-refractivity contribution < 1.29 is 4.79 Å². The van der Waals surface area contributed by atoms with Gasteiger partial charge < -0.3 is 4.57 Å². The Bertz CT molecular complexity index is 536. The van der Waals surface area contributed by atoms with E-state index >= 15 is 0 Å². The topological polar surface area (TPSA) is 60.0 Å². The van der Waals surface area contributed by atoms with Crippen molar-refractivity contribution >= 4 is 32.7 Å². The Morgan fingerprint density at radius 3 is 3.00 bits per heavy atom. The zero-order valence-corrected chi connectivity index (χ0v) is 10.9. The van der Waals surface area contributed by atoms with Crippen LogP contribution in [-0.2, 0) is 11.3 Å². The van der Waals surface area contributed by atoms with Crippen molar-refractivity contribution in [1.29, 1.82) is 0 Å². The van der Waals surface area contributed by atoms with E-state index in [1.165, 1.54) is 10.9 Å². The average molecular weight is 296 g/mol. The molecule has 4 nitrogen and oxygen atoms in total. The Kier molecular flexibility index (Phi) is 3.81. The van der Waals surface area contributed by atoms with Crippen molar-refractivity contribution in [3.63, 3.8) is 0 Å². The Hall–Kier alpha value is -1.33. The predicted molar refractivity (Wildman–Crippen MR) is 71.2 cm³/mol. The quantitative estimate of drug-likeness (QED) is 0.516. The molecule has 2 aromatic rings. The third-order valence-corrected chi connectivity index (χ3v) is 3.19. The second kappa shape index (κ2) is 5.33. The number of halogens is 1. The first-order valence-corrected chi connectivity index (χ1v) is 6.24. The molecular weight excluding hydrogens is 282 g/mol. The number of carbonyl (C=O) groups excluding carboxylic acids is 1. The zero-order valence-electron chi connectivity index (χ0n) is 9.32. The fraction of sp³-hybridized carbons (Fsp3) is 0.250. The van der Waals surface area contributed by atoms with Gasteiger partial charge in [0.05, 0.1) is 0 Å². The molecule has 1 amide bonds. The van der Waals surface area contributed by atoms with Crippen LogP contribution in [0.25, 0.3) is 10.9 Å². The summed E-state index contributed by atoms with van der Waals surface area (Å²) in [5.74, 6) is 4.91. The van der Waals surface area contributed by atoms with Crippen LogP contribution in [0.2, 0.25) is 0 Å². The molecule has 0 aliphatic carbocycles. The second-order valence-electron chi connectivity index (χ2n) is 3.88. The Labute approximate surface area is 108 Å². The molecule has 0 atom stereocenters. The monoisotopic (exact) mass is 295 g/mol. The van der Waals surface area contributed by atoms with Gasteiger partial charge in [-0.15, -0.1) is 0 Å². The summed E-state index contributed by atoms with van der Waals surface area (Å²) in [5.41, 5.74) is 3.31. The smallest absolute Gasteiger partial charge is 0.233 e. The lowest BCUT2D eigenvalue weighted by Gasteiger charge is -2.05. The molecule has 0 spiro atoms. The van der Waals surface area contributed by atoms with Crippen LogP contribution in [0.3, 0.4) is 0 Å². The molecule has 0 fully saturated rings. The highest BCUT2D eigenvalue weighted by molar-refractivity contribution is 9.10. The summed E-state index contributed by atoms with van der Waals surface area (Å²) >= 11 is 3.46. The van der Waals surface area contributed by atoms with E-state index in [-0.39, 0.29) is 5.91 Å². The second-order valence-corrected chi connectivity index (χ2v) is 4.80. The number of aryl methyl sites for hydroxylation is 1. The number of nitrogens with one attached hydrogen (secondary N) is 1. The number of hydrazine groups is 1. The van der Waals surface area contributed by atoms with Crippen LogP contribution in [0.4, 0.5) is 0 Å². The first-order valence-electron chi connectivity index (χ1n) is 5.44. The van der Waals surface area contributed by atoms with E-state index in [0.717, 1.165) is 17.4 Å². The number of amides is 1. The van der Waals surface area contributed by atoms with Gasteiger partial charge in [0.2, 0.25) is 5.91 Å². The minimum absolute atomic E-state index is 0.123. The van der Waals surface area contributed by atoms with Gasteiger partial charge in [-0.1, -0.05) is 22.0 Å². The van der Waals surface area contributed by atoms with Crippen molar-refractivity contribution in [3.05, 3.63) is 34.9 Å². The molecule has 1 heterocycles. The molecule has 2 rings (SSSR count). The first-order chi connectivity index (χ1) is 8.20. The number of hydrogen-bond donors (Lipinski definition) is 2. The van der Waals surface area contributed by atoms with E-state index in [1.807, 2.05) is 12.3 Å². The molecule has 0 bridgehead atoms. The lowest BCUT2D eigenvalue weighted by atomic mass is 10.2. The van der Waals surface area contributed by atoms with Crippen LogP contribution < -0.4 is 11.3 Å². The van der Waals surface area contributed by atoms with Gasteiger partial charge in [0.1, 0.15) is 0 Å². The lowest BCUT2D eigenvalue weighted by molar-refractivity contribution is -0.121. The molecule has 3 N–H and O–H groups in total. The van der Waals surface area contributed by atoms with E-state index in [9.17, 15) is 4.79 Å². The van der Waals surface area contributed by atoms with E-state index in [4.69, 9.17) is 5.84 Å². The summed E-state index contributed by atoms with van der Waals surface area (Å²) in [5, 5.41) is 1.21. The first kappa shape index (κ1) is 12.1. The van der Waals surface area contributed by atoms with Gasteiger partial charge >= 0.3 is 0 Å². The van der Waals surface area contributed by atoms with E-state index in [2.05, 4.69) is 44.1 Å². The average Bonchev–Trinajstić information content (AvgIpc) is 2.72. The Morgan fingerprint density at radius 1 is 1.41 bits per heavy atom. The number of fused-ring (bicyclic) bond motifs is 1. The summed E-state index contributed by atoms with van der Waals surface area (Å²) in [6.07, 6.45) is 3.26. The van der Waals surface area contributed by atoms with Crippen molar-refractivity contribution in [2.75, 3.05) is 0 Å². The third-order valence-electron chi connectivity index (χ3n) is 2.70. The standard InChI is InChI=1S/C12H14BrN3O/c13-10-4-3-9-5-7-16(11(9)8-10)6-1-2-12(17)15-14/h3-5,7-8H,1-2,6,14H2,(H,15,17). The number of nitrogens with zero attached hydrogens (tertiary/aromatic N) is 1. The van der Waals surface area contributed by atoms with Crippen molar-refractivity contribution in [1.82, 2.24) is 9.99 Å². The molecule has 1 aromatic carbocycles. The lowest BCUT2D eigenvalue weighted by Crippen LogP contribution is -2.29. The van der Waals surface area contributed by atoms with Crippen molar-refractivity contribution in [2.45, 2.75) is 19.4 Å². The van der Waals surface area contributed by atoms with Crippen LogP contribution in [0.5, 0.6) is 0 Å². The highest BCUT2D eigenvalue weighted by Gasteiger charge is 2.03. The summed E-state index contributed by atoms with van der Waals surface area (Å²) in [6, 6.07) is 8.25. The minimum atomic E-state index is -0.123. The maximum Gasteiger partial charge on any atom is 0.233 e. The van der Waals surface area contributed by atoms with Gasteiger partial charge in [0.15, 0.2) is 0 Å². The highest BCUT2D eigenvalue weighted by Crippen LogP contribution is 2.21. The molecule has 5 heteroatoms. The highest BCUT2D eigenvalue weighted by atomic mass is 79.9. The molecule has 0 unspecified atom stereocenters. The van der Waals surface area contributed by atoms with Crippen LogP contribution >= 0.6 is 15.9 Å². The summed E-state index contributed by atoms with van der Waals surface area (Å²) in [4.78, 5) is 11.0. The number of hydrogen-bond acceptors (Lipinski definition) is 2. The maximum atomic E-state index is 11.0. The molecular formula is C12H14BrN3O. The summed E-state index contributed by atoms with van der Waals surface area (Å²) < 4.78 is 3.20. The van der Waals surface area contributed by atoms with Gasteiger partial charge in [-0.2, -0.15) is 0 Å². The van der Waals surface area contributed by atoms with Gasteiger partial charge in [0.25, 0.3) is 0 Å². The van der Waals surface area contributed by atoms with E-state index in [1.54, 1.807) is 0 Å². The fourth-order valence-electron chi connectivity index (χ4n) is 1.83. The third kappa shape index (κ3) is 2.87. The van der Waals surface area contributed by atoms with Crippen LogP contribution in [0.1, 0.15) is 12.8 Å². The number of carbonyl (C=O) groups is 1. The van der Waals surface area contributed by atoms with Crippen LogP contribution in [-0.4, -0.2) is 10.5 Å². The molecule has 1 aromatic heterocycles. The van der Waals surface area contributed by atoms with Crippen molar-refractivity contribution in [3.8, 4) is 0 Å². The van der Waals surface area contributed by atoms with Gasteiger partial charge in [-0.05, 0) is 30.0 Å². The predicted octanol–water partition coefficient (Wildman–Crippen LogP) is 2.17. The zero-order chi connectivity index (χ0) is 12.3. The van der Waals surface area contributed by atoms with Gasteiger partial charge in [-0.3, -0.25) is 10.2 Å². The number of rotatable bonds is 4. The normalized spacial score (nSPS) is 10.7. The molecule has 0 radical (unpaired) electrons. The molecule has 0 aliphatic rings. The molecule has 17 heavy (non-hydrogen) atoms. The fourth-order valence-corrected chi connectivity index (χ4v) is 2.18. The van der Waals surface area contributed by atoms with Gasteiger partial charge in [0, 0.05) is 29.2 Å². The summed E-state index contributed by atoms with van der Waals surface area (Å²) in [7, 11) is 0.